The molecule has 0 radical (unpaired) electrons. The molecule has 1 rings (SSSR count). The van der Waals surface area contributed by atoms with Crippen LogP contribution in [0.1, 0.15) is 79.1 Å². The zero-order valence-electron chi connectivity index (χ0n) is 11.3. The van der Waals surface area contributed by atoms with Gasteiger partial charge in [-0.1, -0.05) is 66.2 Å². The normalized spacial score (nSPS) is 25.6. The predicted molar refractivity (Wildman–Crippen MR) is 69.0 cm³/mol. The predicted octanol–water partition coefficient (Wildman–Crippen LogP) is 5.42. The van der Waals surface area contributed by atoms with Gasteiger partial charge in [0.25, 0.3) is 0 Å². The molecule has 0 spiro atoms. The molecule has 1 aliphatic carbocycles. The number of hydrogen-bond donors (Lipinski definition) is 0. The van der Waals surface area contributed by atoms with Gasteiger partial charge in [0.1, 0.15) is 0 Å². The molecule has 1 fully saturated rings. The lowest BCUT2D eigenvalue weighted by Gasteiger charge is -2.17. The van der Waals surface area contributed by atoms with E-state index in [1.54, 1.807) is 6.42 Å². The fourth-order valence-electron chi connectivity index (χ4n) is 2.55. The molecular formula is C15H30. The van der Waals surface area contributed by atoms with E-state index in [4.69, 9.17) is 0 Å². The monoisotopic (exact) mass is 210 g/mol. The van der Waals surface area contributed by atoms with E-state index >= 15 is 0 Å². The van der Waals surface area contributed by atoms with Crippen molar-refractivity contribution in [1.82, 2.24) is 0 Å². The second kappa shape index (κ2) is 5.92. The fraction of sp³-hybridized carbons (Fsp3) is 1.00. The Labute approximate surface area is 96.8 Å². The number of hydrogen-bond acceptors (Lipinski definition) is 0. The van der Waals surface area contributed by atoms with E-state index in [0.29, 0.717) is 5.41 Å². The molecule has 0 N–H and O–H groups in total. The maximum absolute atomic E-state index is 2.36. The van der Waals surface area contributed by atoms with Crippen LogP contribution in [0.15, 0.2) is 0 Å². The van der Waals surface area contributed by atoms with Gasteiger partial charge in [-0.15, -0.1) is 0 Å². The molecule has 0 bridgehead atoms. The van der Waals surface area contributed by atoms with E-state index in [2.05, 4.69) is 27.7 Å². The minimum atomic E-state index is 0.547. The first-order valence-corrected chi connectivity index (χ1v) is 7.03. The van der Waals surface area contributed by atoms with Crippen LogP contribution >= 0.6 is 0 Å². The smallest absolute Gasteiger partial charge is 0.0383 e. The molecule has 0 aromatic carbocycles. The molecule has 2 atom stereocenters. The van der Waals surface area contributed by atoms with Gasteiger partial charge in [-0.3, -0.25) is 0 Å². The first-order valence-electron chi connectivity index (χ1n) is 7.03. The lowest BCUT2D eigenvalue weighted by molar-refractivity contribution is 0.354. The van der Waals surface area contributed by atoms with Crippen molar-refractivity contribution in [1.29, 1.82) is 0 Å². The maximum Gasteiger partial charge on any atom is -0.0383 e. The molecule has 1 aliphatic rings. The molecule has 0 heterocycles. The van der Waals surface area contributed by atoms with Crippen molar-refractivity contribution >= 4 is 0 Å². The van der Waals surface area contributed by atoms with Crippen molar-refractivity contribution in [3.63, 3.8) is 0 Å². The Morgan fingerprint density at radius 2 is 1.53 bits per heavy atom. The zero-order valence-corrected chi connectivity index (χ0v) is 11.3. The van der Waals surface area contributed by atoms with Crippen LogP contribution in [0.2, 0.25) is 0 Å². The maximum atomic E-state index is 2.36. The summed E-state index contributed by atoms with van der Waals surface area (Å²) in [6.45, 7) is 9.37. The van der Waals surface area contributed by atoms with Crippen LogP contribution in [0.5, 0.6) is 0 Å². The highest BCUT2D eigenvalue weighted by Gasteiger charge is 2.34. The van der Waals surface area contributed by atoms with Gasteiger partial charge in [-0.05, 0) is 30.1 Å². The summed E-state index contributed by atoms with van der Waals surface area (Å²) in [6, 6.07) is 0. The van der Waals surface area contributed by atoms with Crippen molar-refractivity contribution in [3.05, 3.63) is 0 Å². The van der Waals surface area contributed by atoms with Gasteiger partial charge in [0.2, 0.25) is 0 Å². The SMILES string of the molecule is CCCCC1CC1CCCCC(C)(C)C. The third kappa shape index (κ3) is 6.22. The minimum Gasteiger partial charge on any atom is -0.0654 e. The van der Waals surface area contributed by atoms with Gasteiger partial charge in [-0.25, -0.2) is 0 Å². The quantitative estimate of drug-likeness (QED) is 0.492. The van der Waals surface area contributed by atoms with Gasteiger partial charge >= 0.3 is 0 Å². The van der Waals surface area contributed by atoms with Crippen LogP contribution in [-0.2, 0) is 0 Å². The lowest BCUT2D eigenvalue weighted by Crippen LogP contribution is -2.04. The molecule has 15 heavy (non-hydrogen) atoms. The molecule has 0 aromatic rings. The summed E-state index contributed by atoms with van der Waals surface area (Å²) in [7, 11) is 0. The molecule has 2 unspecified atom stereocenters. The summed E-state index contributed by atoms with van der Waals surface area (Å²) in [5, 5.41) is 0. The number of unbranched alkanes of at least 4 members (excludes halogenated alkanes) is 2. The van der Waals surface area contributed by atoms with Gasteiger partial charge in [0, 0.05) is 0 Å². The van der Waals surface area contributed by atoms with E-state index in [0.717, 1.165) is 11.8 Å². The van der Waals surface area contributed by atoms with E-state index in [9.17, 15) is 0 Å². The second-order valence-corrected chi connectivity index (χ2v) is 6.70. The lowest BCUT2D eigenvalue weighted by atomic mass is 9.89. The van der Waals surface area contributed by atoms with Crippen LogP contribution in [0.25, 0.3) is 0 Å². The van der Waals surface area contributed by atoms with Gasteiger partial charge in [0.15, 0.2) is 0 Å². The van der Waals surface area contributed by atoms with Crippen molar-refractivity contribution in [2.75, 3.05) is 0 Å². The van der Waals surface area contributed by atoms with Crippen molar-refractivity contribution < 1.29 is 0 Å². The highest BCUT2D eigenvalue weighted by atomic mass is 14.4. The fourth-order valence-corrected chi connectivity index (χ4v) is 2.55. The van der Waals surface area contributed by atoms with Crippen LogP contribution < -0.4 is 0 Å². The van der Waals surface area contributed by atoms with E-state index in [1.165, 1.54) is 44.9 Å². The second-order valence-electron chi connectivity index (χ2n) is 6.70. The van der Waals surface area contributed by atoms with E-state index < -0.39 is 0 Å². The van der Waals surface area contributed by atoms with Gasteiger partial charge in [-0.2, -0.15) is 0 Å². The summed E-state index contributed by atoms with van der Waals surface area (Å²) < 4.78 is 0. The summed E-state index contributed by atoms with van der Waals surface area (Å²) in [5.41, 5.74) is 0.547. The summed E-state index contributed by atoms with van der Waals surface area (Å²) in [5.74, 6) is 2.25. The van der Waals surface area contributed by atoms with Crippen LogP contribution in [0.4, 0.5) is 0 Å². The average Bonchev–Trinajstić information content (AvgIpc) is 2.87. The van der Waals surface area contributed by atoms with Gasteiger partial charge in [0.05, 0.1) is 0 Å². The summed E-state index contributed by atoms with van der Waals surface area (Å²) >= 11 is 0. The highest BCUT2D eigenvalue weighted by molar-refractivity contribution is 4.85. The Kier molecular flexibility index (Phi) is 5.15. The number of rotatable bonds is 7. The standard InChI is InChI=1S/C15H30/c1-5-6-9-13-12-14(13)10-7-8-11-15(2,3)4/h13-14H,5-12H2,1-4H3. The first kappa shape index (κ1) is 13.1. The molecule has 0 saturated heterocycles. The van der Waals surface area contributed by atoms with Crippen LogP contribution in [0.3, 0.4) is 0 Å². The van der Waals surface area contributed by atoms with E-state index in [-0.39, 0.29) is 0 Å². The minimum absolute atomic E-state index is 0.547. The van der Waals surface area contributed by atoms with E-state index in [1.807, 2.05) is 0 Å². The average molecular weight is 210 g/mol. The van der Waals surface area contributed by atoms with Crippen molar-refractivity contribution in [3.8, 4) is 0 Å². The highest BCUT2D eigenvalue weighted by Crippen LogP contribution is 2.45. The molecule has 0 aliphatic heterocycles. The van der Waals surface area contributed by atoms with Crippen LogP contribution in [0, 0.1) is 17.3 Å². The third-order valence-corrected chi connectivity index (χ3v) is 3.75. The topological polar surface area (TPSA) is 0 Å². The molecule has 0 heteroatoms. The van der Waals surface area contributed by atoms with Gasteiger partial charge < -0.3 is 0 Å². The summed E-state index contributed by atoms with van der Waals surface area (Å²) in [6.07, 6.45) is 11.8. The van der Waals surface area contributed by atoms with Crippen LogP contribution in [-0.4, -0.2) is 0 Å². The zero-order chi connectivity index (χ0) is 11.3. The van der Waals surface area contributed by atoms with Crippen molar-refractivity contribution in [2.45, 2.75) is 79.1 Å². The Bertz CT molecular complexity index is 163. The largest absolute Gasteiger partial charge is 0.0654 e. The van der Waals surface area contributed by atoms with Crippen molar-refractivity contribution in [2.24, 2.45) is 17.3 Å². The summed E-state index contributed by atoms with van der Waals surface area (Å²) in [4.78, 5) is 0. The Morgan fingerprint density at radius 1 is 0.933 bits per heavy atom. The Balaban J connectivity index is 1.90. The molecule has 0 nitrogen and oxygen atoms in total. The molecule has 0 amide bonds. The molecular weight excluding hydrogens is 180 g/mol. The Hall–Kier alpha value is 0. The third-order valence-electron chi connectivity index (χ3n) is 3.75. The molecule has 90 valence electrons. The molecule has 0 aromatic heterocycles. The Morgan fingerprint density at radius 3 is 2.07 bits per heavy atom. The molecule has 1 saturated carbocycles. The first-order chi connectivity index (χ1) is 7.03.